The van der Waals surface area contributed by atoms with Gasteiger partial charge in [-0.25, -0.2) is 4.98 Å². The highest BCUT2D eigenvalue weighted by molar-refractivity contribution is 5.53. The molecule has 1 aromatic carbocycles. The number of hydrogen-bond acceptors (Lipinski definition) is 4. The smallest absolute Gasteiger partial charge is 0.237 e. The molecule has 0 aliphatic carbocycles. The minimum atomic E-state index is 0.0595. The highest BCUT2D eigenvalue weighted by Gasteiger charge is 2.13. The van der Waals surface area contributed by atoms with Crippen molar-refractivity contribution in [3.63, 3.8) is 0 Å². The van der Waals surface area contributed by atoms with Gasteiger partial charge in [-0.15, -0.1) is 0 Å². The molecule has 0 fully saturated rings. The van der Waals surface area contributed by atoms with Gasteiger partial charge in [0, 0.05) is 13.3 Å². The van der Waals surface area contributed by atoms with Gasteiger partial charge in [-0.2, -0.15) is 0 Å². The molecule has 1 N–H and O–H groups in total. The number of methoxy groups -OCH3 is 2. The van der Waals surface area contributed by atoms with E-state index in [9.17, 15) is 0 Å². The Morgan fingerprint density at radius 1 is 1.11 bits per heavy atom. The van der Waals surface area contributed by atoms with E-state index >= 15 is 0 Å². The maximum atomic E-state index is 5.28. The molecule has 4 heteroatoms. The SMILES string of the molecule is COCC(Nc1cccnc1OC)c1ccccc1. The summed E-state index contributed by atoms with van der Waals surface area (Å²) in [5, 5.41) is 3.40. The first-order chi connectivity index (χ1) is 9.35. The maximum absolute atomic E-state index is 5.28. The molecule has 4 nitrogen and oxygen atoms in total. The Morgan fingerprint density at radius 2 is 1.89 bits per heavy atom. The van der Waals surface area contributed by atoms with E-state index in [1.54, 1.807) is 20.4 Å². The normalized spacial score (nSPS) is 11.9. The van der Waals surface area contributed by atoms with E-state index < -0.39 is 0 Å². The second-order valence-electron chi connectivity index (χ2n) is 4.12. The Morgan fingerprint density at radius 3 is 2.58 bits per heavy atom. The Labute approximate surface area is 113 Å². The summed E-state index contributed by atoms with van der Waals surface area (Å²) < 4.78 is 10.5. The standard InChI is InChI=1S/C15H18N2O2/c1-18-11-14(12-7-4-3-5-8-12)17-13-9-6-10-16-15(13)19-2/h3-10,14,17H,11H2,1-2H3. The van der Waals surface area contributed by atoms with Gasteiger partial charge in [0.2, 0.25) is 5.88 Å². The van der Waals surface area contributed by atoms with Crippen molar-refractivity contribution < 1.29 is 9.47 Å². The number of aromatic nitrogens is 1. The quantitative estimate of drug-likeness (QED) is 0.865. The molecular weight excluding hydrogens is 240 g/mol. The average Bonchev–Trinajstić information content (AvgIpc) is 2.48. The van der Waals surface area contributed by atoms with Gasteiger partial charge in [-0.3, -0.25) is 0 Å². The third-order valence-corrected chi connectivity index (χ3v) is 2.83. The Hall–Kier alpha value is -2.07. The van der Waals surface area contributed by atoms with E-state index in [4.69, 9.17) is 9.47 Å². The lowest BCUT2D eigenvalue weighted by atomic mass is 10.1. The highest BCUT2D eigenvalue weighted by Crippen LogP contribution is 2.25. The van der Waals surface area contributed by atoms with Gasteiger partial charge >= 0.3 is 0 Å². The summed E-state index contributed by atoms with van der Waals surface area (Å²) in [7, 11) is 3.31. The number of rotatable bonds is 6. The van der Waals surface area contributed by atoms with Gasteiger partial charge < -0.3 is 14.8 Å². The largest absolute Gasteiger partial charge is 0.480 e. The molecule has 0 aliphatic heterocycles. The fourth-order valence-electron chi connectivity index (χ4n) is 1.92. The Balaban J connectivity index is 2.21. The zero-order valence-electron chi connectivity index (χ0n) is 11.2. The monoisotopic (exact) mass is 258 g/mol. The topological polar surface area (TPSA) is 43.4 Å². The molecule has 1 unspecified atom stereocenters. The molecule has 19 heavy (non-hydrogen) atoms. The van der Waals surface area contributed by atoms with E-state index in [2.05, 4.69) is 22.4 Å². The fourth-order valence-corrected chi connectivity index (χ4v) is 1.92. The molecule has 1 aromatic heterocycles. The number of nitrogens with zero attached hydrogens (tertiary/aromatic N) is 1. The molecule has 100 valence electrons. The number of ether oxygens (including phenoxy) is 2. The predicted octanol–water partition coefficient (Wildman–Crippen LogP) is 2.89. The van der Waals surface area contributed by atoms with Crippen LogP contribution in [0.4, 0.5) is 5.69 Å². The van der Waals surface area contributed by atoms with Crippen molar-refractivity contribution in [1.29, 1.82) is 0 Å². The average molecular weight is 258 g/mol. The third-order valence-electron chi connectivity index (χ3n) is 2.83. The van der Waals surface area contributed by atoms with Gasteiger partial charge in [0.15, 0.2) is 0 Å². The first-order valence-corrected chi connectivity index (χ1v) is 6.14. The molecule has 1 atom stereocenters. The summed E-state index contributed by atoms with van der Waals surface area (Å²) in [6, 6.07) is 14.0. The molecule has 2 rings (SSSR count). The highest BCUT2D eigenvalue weighted by atomic mass is 16.5. The lowest BCUT2D eigenvalue weighted by Crippen LogP contribution is -2.16. The lowest BCUT2D eigenvalue weighted by Gasteiger charge is -2.20. The summed E-state index contributed by atoms with van der Waals surface area (Å²) in [5.41, 5.74) is 2.02. The molecule has 0 amide bonds. The van der Waals surface area contributed by atoms with Crippen LogP contribution in [0.5, 0.6) is 5.88 Å². The van der Waals surface area contributed by atoms with Crippen molar-refractivity contribution in [3.8, 4) is 5.88 Å². The first-order valence-electron chi connectivity index (χ1n) is 6.14. The molecule has 0 saturated carbocycles. The van der Waals surface area contributed by atoms with Gasteiger partial charge in [-0.1, -0.05) is 30.3 Å². The Bertz CT molecular complexity index is 503. The predicted molar refractivity (Wildman–Crippen MR) is 75.5 cm³/mol. The number of nitrogens with one attached hydrogen (secondary N) is 1. The summed E-state index contributed by atoms with van der Waals surface area (Å²) >= 11 is 0. The van der Waals surface area contributed by atoms with Crippen molar-refractivity contribution in [3.05, 3.63) is 54.2 Å². The zero-order valence-corrected chi connectivity index (χ0v) is 11.2. The van der Waals surface area contributed by atoms with Crippen molar-refractivity contribution >= 4 is 5.69 Å². The summed E-state index contributed by atoms with van der Waals surface area (Å²) in [6.07, 6.45) is 1.71. The van der Waals surface area contributed by atoms with Crippen molar-refractivity contribution in [2.45, 2.75) is 6.04 Å². The van der Waals surface area contributed by atoms with E-state index in [0.717, 1.165) is 11.3 Å². The van der Waals surface area contributed by atoms with Crippen LogP contribution >= 0.6 is 0 Å². The summed E-state index contributed by atoms with van der Waals surface area (Å²) in [5.74, 6) is 0.583. The molecule has 1 heterocycles. The summed E-state index contributed by atoms with van der Waals surface area (Å²) in [4.78, 5) is 4.18. The van der Waals surface area contributed by atoms with Crippen LogP contribution in [0, 0.1) is 0 Å². The van der Waals surface area contributed by atoms with Crippen LogP contribution in [-0.2, 0) is 4.74 Å². The van der Waals surface area contributed by atoms with Gasteiger partial charge in [0.05, 0.1) is 25.4 Å². The van der Waals surface area contributed by atoms with Crippen molar-refractivity contribution in [2.75, 3.05) is 26.1 Å². The Kier molecular flexibility index (Phi) is 4.75. The molecule has 2 aromatic rings. The maximum Gasteiger partial charge on any atom is 0.237 e. The van der Waals surface area contributed by atoms with Crippen LogP contribution in [0.1, 0.15) is 11.6 Å². The minimum absolute atomic E-state index is 0.0595. The summed E-state index contributed by atoms with van der Waals surface area (Å²) in [6.45, 7) is 0.571. The fraction of sp³-hybridized carbons (Fsp3) is 0.267. The number of benzene rings is 1. The van der Waals surface area contributed by atoms with E-state index in [-0.39, 0.29) is 6.04 Å². The van der Waals surface area contributed by atoms with E-state index in [0.29, 0.717) is 12.5 Å². The lowest BCUT2D eigenvalue weighted by molar-refractivity contribution is 0.186. The molecule has 0 spiro atoms. The van der Waals surface area contributed by atoms with Crippen molar-refractivity contribution in [2.24, 2.45) is 0 Å². The van der Waals surface area contributed by atoms with E-state index in [1.165, 1.54) is 0 Å². The van der Waals surface area contributed by atoms with Crippen LogP contribution in [0.15, 0.2) is 48.7 Å². The van der Waals surface area contributed by atoms with Crippen molar-refractivity contribution in [1.82, 2.24) is 4.98 Å². The molecular formula is C15H18N2O2. The van der Waals surface area contributed by atoms with E-state index in [1.807, 2.05) is 30.3 Å². The van der Waals surface area contributed by atoms with Crippen LogP contribution in [0.25, 0.3) is 0 Å². The second-order valence-corrected chi connectivity index (χ2v) is 4.12. The minimum Gasteiger partial charge on any atom is -0.480 e. The molecule has 0 saturated heterocycles. The first kappa shape index (κ1) is 13.4. The van der Waals surface area contributed by atoms with Crippen LogP contribution in [0.2, 0.25) is 0 Å². The van der Waals surface area contributed by atoms with Crippen LogP contribution < -0.4 is 10.1 Å². The third kappa shape index (κ3) is 3.45. The molecule has 0 aliphatic rings. The van der Waals surface area contributed by atoms with Gasteiger partial charge in [-0.05, 0) is 17.7 Å². The van der Waals surface area contributed by atoms with Crippen LogP contribution in [-0.4, -0.2) is 25.8 Å². The number of hydrogen-bond donors (Lipinski definition) is 1. The van der Waals surface area contributed by atoms with Gasteiger partial charge in [0.1, 0.15) is 0 Å². The number of pyridine rings is 1. The van der Waals surface area contributed by atoms with Crippen LogP contribution in [0.3, 0.4) is 0 Å². The molecule has 0 radical (unpaired) electrons. The van der Waals surface area contributed by atoms with Gasteiger partial charge in [0.25, 0.3) is 0 Å². The zero-order chi connectivity index (χ0) is 13.5. The number of anilines is 1. The second kappa shape index (κ2) is 6.75. The molecule has 0 bridgehead atoms.